The summed E-state index contributed by atoms with van der Waals surface area (Å²) in [5.74, 6) is 0.826. The Morgan fingerprint density at radius 1 is 1.38 bits per heavy atom. The van der Waals surface area contributed by atoms with Gasteiger partial charge in [-0.05, 0) is 42.6 Å². The summed E-state index contributed by atoms with van der Waals surface area (Å²) in [4.78, 5) is 19.1. The molecule has 21 heavy (non-hydrogen) atoms. The first-order chi connectivity index (χ1) is 10.2. The number of benzene rings is 1. The summed E-state index contributed by atoms with van der Waals surface area (Å²) in [6.45, 7) is 5.83. The van der Waals surface area contributed by atoms with Gasteiger partial charge in [-0.1, -0.05) is 6.07 Å². The minimum atomic E-state index is 0.677. The lowest BCUT2D eigenvalue weighted by Crippen LogP contribution is -2.49. The Bertz CT molecular complexity index is 685. The van der Waals surface area contributed by atoms with Crippen LogP contribution in [-0.2, 0) is 13.0 Å². The van der Waals surface area contributed by atoms with Crippen molar-refractivity contribution in [2.24, 2.45) is 5.92 Å². The van der Waals surface area contributed by atoms with Gasteiger partial charge < -0.3 is 9.88 Å². The Morgan fingerprint density at radius 3 is 3.00 bits per heavy atom. The number of aromatic amines is 1. The summed E-state index contributed by atoms with van der Waals surface area (Å²) in [6, 6.07) is 6.33. The third kappa shape index (κ3) is 2.28. The van der Waals surface area contributed by atoms with Crippen LogP contribution in [0.5, 0.6) is 0 Å². The lowest BCUT2D eigenvalue weighted by atomic mass is 9.94. The molecule has 0 bridgehead atoms. The van der Waals surface area contributed by atoms with Crippen LogP contribution in [0, 0.1) is 5.92 Å². The molecule has 1 aromatic carbocycles. The summed E-state index contributed by atoms with van der Waals surface area (Å²) in [7, 11) is 2.19. The second-order valence-corrected chi connectivity index (χ2v) is 6.58. The monoisotopic (exact) mass is 283 g/mol. The number of hydrogen-bond donors (Lipinski definition) is 1. The highest BCUT2D eigenvalue weighted by Gasteiger charge is 2.27. The van der Waals surface area contributed by atoms with Crippen LogP contribution in [0.25, 0.3) is 10.9 Å². The van der Waals surface area contributed by atoms with Crippen LogP contribution in [0.4, 0.5) is 0 Å². The molecule has 0 amide bonds. The van der Waals surface area contributed by atoms with Crippen LogP contribution in [0.15, 0.2) is 18.2 Å². The number of aldehydes is 1. The first-order valence-electron chi connectivity index (χ1n) is 7.72. The molecule has 2 aliphatic heterocycles. The number of rotatable bonds is 3. The Morgan fingerprint density at radius 2 is 2.24 bits per heavy atom. The minimum absolute atomic E-state index is 0.677. The summed E-state index contributed by atoms with van der Waals surface area (Å²) in [5, 5.41) is 1.23. The third-order valence-corrected chi connectivity index (χ3v) is 4.90. The molecule has 1 saturated heterocycles. The minimum Gasteiger partial charge on any atom is -0.352 e. The standard InChI is InChI=1S/C17H21N3O/c1-19-7-12(8-19)9-20-5-4-13-2-3-17-15(16(13)10-20)6-14(11-21)18-17/h2-3,6,11-12,18H,4-5,7-10H2,1H3. The number of nitrogens with one attached hydrogen (secondary N) is 1. The predicted octanol–water partition coefficient (Wildman–Crippen LogP) is 1.90. The predicted molar refractivity (Wildman–Crippen MR) is 83.7 cm³/mol. The van der Waals surface area contributed by atoms with E-state index in [1.807, 2.05) is 6.07 Å². The van der Waals surface area contributed by atoms with Gasteiger partial charge in [0.05, 0.1) is 5.69 Å². The number of aromatic nitrogens is 1. The zero-order valence-corrected chi connectivity index (χ0v) is 12.4. The number of fused-ring (bicyclic) bond motifs is 3. The zero-order chi connectivity index (χ0) is 14.4. The van der Waals surface area contributed by atoms with Gasteiger partial charge in [-0.25, -0.2) is 0 Å². The van der Waals surface area contributed by atoms with Crippen molar-refractivity contribution in [2.75, 3.05) is 33.2 Å². The van der Waals surface area contributed by atoms with Crippen LogP contribution >= 0.6 is 0 Å². The smallest absolute Gasteiger partial charge is 0.166 e. The van der Waals surface area contributed by atoms with E-state index in [1.165, 1.54) is 36.1 Å². The van der Waals surface area contributed by atoms with Crippen LogP contribution < -0.4 is 0 Å². The van der Waals surface area contributed by atoms with Gasteiger partial charge in [-0.2, -0.15) is 0 Å². The average Bonchev–Trinajstić information content (AvgIpc) is 2.89. The van der Waals surface area contributed by atoms with E-state index >= 15 is 0 Å². The number of carbonyl (C=O) groups is 1. The first-order valence-corrected chi connectivity index (χ1v) is 7.72. The van der Waals surface area contributed by atoms with Gasteiger partial charge in [-0.3, -0.25) is 9.69 Å². The van der Waals surface area contributed by atoms with E-state index in [0.29, 0.717) is 5.69 Å². The average molecular weight is 283 g/mol. The van der Waals surface area contributed by atoms with Gasteiger partial charge in [0.2, 0.25) is 0 Å². The van der Waals surface area contributed by atoms with Crippen molar-refractivity contribution < 1.29 is 4.79 Å². The number of H-pyrrole nitrogens is 1. The molecule has 0 aliphatic carbocycles. The second-order valence-electron chi connectivity index (χ2n) is 6.58. The van der Waals surface area contributed by atoms with Crippen molar-refractivity contribution in [2.45, 2.75) is 13.0 Å². The molecule has 0 spiro atoms. The zero-order valence-electron chi connectivity index (χ0n) is 12.4. The topological polar surface area (TPSA) is 39.3 Å². The van der Waals surface area contributed by atoms with Gasteiger partial charge >= 0.3 is 0 Å². The van der Waals surface area contributed by atoms with Gasteiger partial charge in [0, 0.05) is 43.6 Å². The molecule has 0 radical (unpaired) electrons. The summed E-state index contributed by atoms with van der Waals surface area (Å²) < 4.78 is 0. The van der Waals surface area contributed by atoms with Crippen molar-refractivity contribution in [3.05, 3.63) is 35.0 Å². The summed E-state index contributed by atoms with van der Waals surface area (Å²) in [6.07, 6.45) is 2.02. The van der Waals surface area contributed by atoms with E-state index in [1.54, 1.807) is 0 Å². The van der Waals surface area contributed by atoms with Gasteiger partial charge in [0.1, 0.15) is 0 Å². The molecular weight excluding hydrogens is 262 g/mol. The first kappa shape index (κ1) is 13.0. The van der Waals surface area contributed by atoms with E-state index in [0.717, 1.165) is 37.2 Å². The lowest BCUT2D eigenvalue weighted by molar-refractivity contribution is 0.0857. The molecule has 3 heterocycles. The molecule has 1 fully saturated rings. The lowest BCUT2D eigenvalue weighted by Gasteiger charge is -2.40. The molecule has 4 heteroatoms. The van der Waals surface area contributed by atoms with Crippen LogP contribution in [0.1, 0.15) is 21.6 Å². The number of likely N-dealkylation sites (tertiary alicyclic amines) is 1. The van der Waals surface area contributed by atoms with Crippen molar-refractivity contribution in [3.63, 3.8) is 0 Å². The SMILES string of the molecule is CN1CC(CN2CCc3ccc4[nH]c(C=O)cc4c3C2)C1. The molecule has 110 valence electrons. The number of nitrogens with zero attached hydrogens (tertiary/aromatic N) is 2. The van der Waals surface area contributed by atoms with E-state index in [2.05, 4.69) is 34.0 Å². The van der Waals surface area contributed by atoms with Gasteiger partial charge in [0.25, 0.3) is 0 Å². The van der Waals surface area contributed by atoms with Gasteiger partial charge in [0.15, 0.2) is 6.29 Å². The Balaban J connectivity index is 1.60. The molecule has 4 nitrogen and oxygen atoms in total. The van der Waals surface area contributed by atoms with Crippen molar-refractivity contribution in [1.29, 1.82) is 0 Å². The van der Waals surface area contributed by atoms with E-state index in [4.69, 9.17) is 0 Å². The fourth-order valence-corrected chi connectivity index (χ4v) is 3.86. The molecule has 0 unspecified atom stereocenters. The van der Waals surface area contributed by atoms with Crippen LogP contribution in [0.3, 0.4) is 0 Å². The fourth-order valence-electron chi connectivity index (χ4n) is 3.86. The van der Waals surface area contributed by atoms with Crippen molar-refractivity contribution in [1.82, 2.24) is 14.8 Å². The molecule has 2 aliphatic rings. The molecule has 2 aromatic rings. The molecule has 1 aromatic heterocycles. The van der Waals surface area contributed by atoms with E-state index in [-0.39, 0.29) is 0 Å². The maximum atomic E-state index is 11.0. The normalized spacial score (nSPS) is 20.4. The maximum absolute atomic E-state index is 11.0. The van der Waals surface area contributed by atoms with Crippen LogP contribution in [-0.4, -0.2) is 54.3 Å². The molecule has 1 N–H and O–H groups in total. The Kier molecular flexibility index (Phi) is 3.08. The van der Waals surface area contributed by atoms with Crippen molar-refractivity contribution >= 4 is 17.2 Å². The quantitative estimate of drug-likeness (QED) is 0.875. The number of hydrogen-bond acceptors (Lipinski definition) is 3. The van der Waals surface area contributed by atoms with Crippen molar-refractivity contribution in [3.8, 4) is 0 Å². The van der Waals surface area contributed by atoms with E-state index in [9.17, 15) is 4.79 Å². The Hall–Kier alpha value is -1.65. The number of carbonyl (C=O) groups excluding carboxylic acids is 1. The highest BCUT2D eigenvalue weighted by molar-refractivity contribution is 5.90. The largest absolute Gasteiger partial charge is 0.352 e. The maximum Gasteiger partial charge on any atom is 0.166 e. The molecule has 0 saturated carbocycles. The molecular formula is C17H21N3O. The summed E-state index contributed by atoms with van der Waals surface area (Å²) >= 11 is 0. The van der Waals surface area contributed by atoms with Crippen LogP contribution in [0.2, 0.25) is 0 Å². The molecule has 4 rings (SSSR count). The summed E-state index contributed by atoms with van der Waals surface area (Å²) in [5.41, 5.74) is 4.62. The van der Waals surface area contributed by atoms with Gasteiger partial charge in [-0.15, -0.1) is 0 Å². The third-order valence-electron chi connectivity index (χ3n) is 4.90. The Labute approximate surface area is 124 Å². The fraction of sp³-hybridized carbons (Fsp3) is 0.471. The molecule has 0 atom stereocenters. The highest BCUT2D eigenvalue weighted by Crippen LogP contribution is 2.29. The second kappa shape index (κ2) is 4.97. The highest BCUT2D eigenvalue weighted by atomic mass is 16.1. The van der Waals surface area contributed by atoms with E-state index < -0.39 is 0 Å².